The number of furan rings is 1. The van der Waals surface area contributed by atoms with E-state index < -0.39 is 0 Å². The molecule has 5 nitrogen and oxygen atoms in total. The summed E-state index contributed by atoms with van der Waals surface area (Å²) in [5.41, 5.74) is 1.47. The number of hydrogen-bond donors (Lipinski definition) is 1. The van der Waals surface area contributed by atoms with Crippen LogP contribution in [-0.2, 0) is 6.42 Å². The van der Waals surface area contributed by atoms with E-state index in [0.29, 0.717) is 22.6 Å². The SMILES string of the molecule is CN1CCC(Cc2nc3c(oc4ccc(Br)cc43)c(=O)[nH]2)CC1. The number of aromatic amines is 1. The molecule has 1 aliphatic rings. The van der Waals surface area contributed by atoms with Gasteiger partial charge in [0.25, 0.3) is 5.56 Å². The first kappa shape index (κ1) is 14.9. The van der Waals surface area contributed by atoms with Gasteiger partial charge in [0.2, 0.25) is 5.58 Å². The van der Waals surface area contributed by atoms with Crippen molar-refractivity contribution in [3.05, 3.63) is 38.9 Å². The van der Waals surface area contributed by atoms with Crippen molar-refractivity contribution < 1.29 is 4.42 Å². The normalized spacial score (nSPS) is 17.3. The van der Waals surface area contributed by atoms with Gasteiger partial charge >= 0.3 is 0 Å². The van der Waals surface area contributed by atoms with Gasteiger partial charge in [-0.3, -0.25) is 4.79 Å². The number of fused-ring (bicyclic) bond motifs is 3. The second-order valence-electron chi connectivity index (χ2n) is 6.38. The smallest absolute Gasteiger partial charge is 0.294 e. The molecule has 0 bridgehead atoms. The number of likely N-dealkylation sites (tertiary alicyclic amines) is 1. The first-order chi connectivity index (χ1) is 11.1. The minimum absolute atomic E-state index is 0.190. The van der Waals surface area contributed by atoms with E-state index in [2.05, 4.69) is 32.9 Å². The van der Waals surface area contributed by atoms with Gasteiger partial charge in [-0.15, -0.1) is 0 Å². The summed E-state index contributed by atoms with van der Waals surface area (Å²) < 4.78 is 6.61. The zero-order valence-electron chi connectivity index (χ0n) is 12.9. The molecule has 23 heavy (non-hydrogen) atoms. The van der Waals surface area contributed by atoms with Gasteiger partial charge in [0.05, 0.1) is 0 Å². The lowest BCUT2D eigenvalue weighted by Crippen LogP contribution is -2.31. The molecular formula is C17H18BrN3O2. The number of nitrogens with one attached hydrogen (secondary N) is 1. The summed E-state index contributed by atoms with van der Waals surface area (Å²) in [7, 11) is 2.15. The van der Waals surface area contributed by atoms with Gasteiger partial charge < -0.3 is 14.3 Å². The van der Waals surface area contributed by atoms with Crippen LogP contribution in [0, 0.1) is 5.92 Å². The zero-order chi connectivity index (χ0) is 16.0. The molecule has 0 amide bonds. The Bertz CT molecular complexity index is 923. The van der Waals surface area contributed by atoms with E-state index in [4.69, 9.17) is 9.40 Å². The lowest BCUT2D eigenvalue weighted by molar-refractivity contribution is 0.217. The molecule has 0 atom stereocenters. The molecule has 3 aromatic rings. The second-order valence-corrected chi connectivity index (χ2v) is 7.30. The zero-order valence-corrected chi connectivity index (χ0v) is 14.5. The number of benzene rings is 1. The highest BCUT2D eigenvalue weighted by molar-refractivity contribution is 9.10. The Morgan fingerprint density at radius 1 is 1.39 bits per heavy atom. The van der Waals surface area contributed by atoms with Gasteiger partial charge in [-0.1, -0.05) is 15.9 Å². The van der Waals surface area contributed by atoms with Gasteiger partial charge in [0.15, 0.2) is 0 Å². The number of piperidine rings is 1. The number of nitrogens with zero attached hydrogens (tertiary/aromatic N) is 2. The first-order valence-electron chi connectivity index (χ1n) is 7.89. The molecule has 1 fully saturated rings. The Labute approximate surface area is 141 Å². The number of hydrogen-bond acceptors (Lipinski definition) is 4. The van der Waals surface area contributed by atoms with Crippen molar-refractivity contribution in [3.8, 4) is 0 Å². The fourth-order valence-electron chi connectivity index (χ4n) is 3.31. The third kappa shape index (κ3) is 2.81. The average Bonchev–Trinajstić information content (AvgIpc) is 2.88. The van der Waals surface area contributed by atoms with Gasteiger partial charge in [-0.2, -0.15) is 0 Å². The predicted octanol–water partition coefficient (Wildman–Crippen LogP) is 3.32. The van der Waals surface area contributed by atoms with Crippen molar-refractivity contribution in [2.24, 2.45) is 5.92 Å². The first-order valence-corrected chi connectivity index (χ1v) is 8.69. The molecule has 2 aromatic heterocycles. The molecule has 120 valence electrons. The number of halogens is 1. The highest BCUT2D eigenvalue weighted by Gasteiger charge is 2.19. The van der Waals surface area contributed by atoms with E-state index in [1.54, 1.807) is 0 Å². The van der Waals surface area contributed by atoms with Crippen LogP contribution in [-0.4, -0.2) is 35.0 Å². The lowest BCUT2D eigenvalue weighted by Gasteiger charge is -2.28. The maximum atomic E-state index is 12.3. The third-order valence-electron chi connectivity index (χ3n) is 4.65. The molecule has 0 radical (unpaired) electrons. The van der Waals surface area contributed by atoms with Crippen LogP contribution in [0.3, 0.4) is 0 Å². The third-order valence-corrected chi connectivity index (χ3v) is 5.15. The average molecular weight is 376 g/mol. The standard InChI is InChI=1S/C17H18BrN3O2/c1-21-6-4-10(5-7-21)8-14-19-15-12-9-11(18)2-3-13(12)23-16(15)17(22)20-14/h2-3,9-10H,4-8H2,1H3,(H,19,20,22). The van der Waals surface area contributed by atoms with E-state index in [-0.39, 0.29) is 5.56 Å². The Morgan fingerprint density at radius 3 is 2.96 bits per heavy atom. The maximum absolute atomic E-state index is 12.3. The van der Waals surface area contributed by atoms with E-state index in [0.717, 1.165) is 48.0 Å². The monoisotopic (exact) mass is 375 g/mol. The number of H-pyrrole nitrogens is 1. The predicted molar refractivity (Wildman–Crippen MR) is 93.8 cm³/mol. The number of aromatic nitrogens is 2. The van der Waals surface area contributed by atoms with Gasteiger partial charge in [0.1, 0.15) is 16.9 Å². The summed E-state index contributed by atoms with van der Waals surface area (Å²) in [6, 6.07) is 5.71. The Balaban J connectivity index is 1.75. The fraction of sp³-hybridized carbons (Fsp3) is 0.412. The summed E-state index contributed by atoms with van der Waals surface area (Å²) in [5, 5.41) is 0.880. The molecule has 0 aliphatic carbocycles. The van der Waals surface area contributed by atoms with E-state index in [1.165, 1.54) is 0 Å². The van der Waals surface area contributed by atoms with Gasteiger partial charge in [-0.25, -0.2) is 4.98 Å². The van der Waals surface area contributed by atoms with Crippen LogP contribution in [0.15, 0.2) is 31.9 Å². The van der Waals surface area contributed by atoms with Crippen molar-refractivity contribution in [1.29, 1.82) is 0 Å². The largest absolute Gasteiger partial charge is 0.449 e. The van der Waals surface area contributed by atoms with Gasteiger partial charge in [0, 0.05) is 16.3 Å². The molecule has 0 spiro atoms. The van der Waals surface area contributed by atoms with Crippen molar-refractivity contribution in [2.45, 2.75) is 19.3 Å². The second kappa shape index (κ2) is 5.76. The quantitative estimate of drug-likeness (QED) is 0.746. The van der Waals surface area contributed by atoms with Crippen LogP contribution < -0.4 is 5.56 Å². The lowest BCUT2D eigenvalue weighted by atomic mass is 9.93. The van der Waals surface area contributed by atoms with Crippen LogP contribution >= 0.6 is 15.9 Å². The summed E-state index contributed by atoms with van der Waals surface area (Å²) in [5.74, 6) is 1.34. The van der Waals surface area contributed by atoms with Crippen LogP contribution in [0.4, 0.5) is 0 Å². The molecule has 1 saturated heterocycles. The summed E-state index contributed by atoms with van der Waals surface area (Å²) in [6.07, 6.45) is 3.12. The number of rotatable bonds is 2. The molecule has 4 rings (SSSR count). The van der Waals surface area contributed by atoms with Crippen LogP contribution in [0.25, 0.3) is 22.1 Å². The molecule has 6 heteroatoms. The maximum Gasteiger partial charge on any atom is 0.294 e. The van der Waals surface area contributed by atoms with E-state index >= 15 is 0 Å². The minimum atomic E-state index is -0.190. The van der Waals surface area contributed by atoms with Crippen LogP contribution in [0.1, 0.15) is 18.7 Å². The van der Waals surface area contributed by atoms with E-state index in [1.807, 2.05) is 18.2 Å². The Kier molecular flexibility index (Phi) is 3.73. The molecule has 0 saturated carbocycles. The van der Waals surface area contributed by atoms with Crippen molar-refractivity contribution in [3.63, 3.8) is 0 Å². The van der Waals surface area contributed by atoms with E-state index in [9.17, 15) is 4.79 Å². The molecule has 1 N–H and O–H groups in total. The van der Waals surface area contributed by atoms with Crippen LogP contribution in [0.2, 0.25) is 0 Å². The molecular weight excluding hydrogens is 358 g/mol. The van der Waals surface area contributed by atoms with Crippen molar-refractivity contribution in [2.75, 3.05) is 20.1 Å². The highest BCUT2D eigenvalue weighted by atomic mass is 79.9. The summed E-state index contributed by atoms with van der Waals surface area (Å²) >= 11 is 3.47. The van der Waals surface area contributed by atoms with Crippen molar-refractivity contribution >= 4 is 38.0 Å². The summed E-state index contributed by atoms with van der Waals surface area (Å²) in [6.45, 7) is 2.22. The summed E-state index contributed by atoms with van der Waals surface area (Å²) in [4.78, 5) is 22.3. The molecule has 0 unspecified atom stereocenters. The Hall–Kier alpha value is -1.66. The van der Waals surface area contributed by atoms with Crippen molar-refractivity contribution in [1.82, 2.24) is 14.9 Å². The molecule has 1 aromatic carbocycles. The van der Waals surface area contributed by atoms with Gasteiger partial charge in [-0.05, 0) is 57.1 Å². The topological polar surface area (TPSA) is 62.1 Å². The highest BCUT2D eigenvalue weighted by Crippen LogP contribution is 2.28. The Morgan fingerprint density at radius 2 is 2.17 bits per heavy atom. The fourth-order valence-corrected chi connectivity index (χ4v) is 3.67. The molecule has 3 heterocycles. The van der Waals surface area contributed by atoms with Crippen LogP contribution in [0.5, 0.6) is 0 Å². The minimum Gasteiger partial charge on any atom is -0.449 e. The molecule has 1 aliphatic heterocycles.